The zero-order chi connectivity index (χ0) is 21.1. The van der Waals surface area contributed by atoms with Gasteiger partial charge in [-0.15, -0.1) is 0 Å². The summed E-state index contributed by atoms with van der Waals surface area (Å²) in [5.74, 6) is 0.550. The van der Waals surface area contributed by atoms with Crippen LogP contribution in [0.1, 0.15) is 16.8 Å². The van der Waals surface area contributed by atoms with E-state index in [4.69, 9.17) is 0 Å². The molecule has 0 radical (unpaired) electrons. The molecule has 0 amide bonds. The number of aromatic amines is 1. The molecule has 1 N–H and O–H groups in total. The Balaban J connectivity index is 1.57. The third-order valence-electron chi connectivity index (χ3n) is 4.91. The van der Waals surface area contributed by atoms with E-state index in [1.165, 1.54) is 11.6 Å². The van der Waals surface area contributed by atoms with E-state index in [1.807, 2.05) is 42.9 Å². The molecule has 152 valence electrons. The standard InChI is InChI=1S/C23H24N6O/c1-16-20(15-29(3)27-16)14-28(2)13-17-6-4-7-18(10-17)23-25-21(11-22(30)26-23)19-8-5-9-24-12-19/h4-12,15H,13-14H2,1-3H3,(H,25,26,30). The Morgan fingerprint density at radius 2 is 1.93 bits per heavy atom. The normalized spacial score (nSPS) is 11.2. The van der Waals surface area contributed by atoms with E-state index in [9.17, 15) is 4.79 Å². The fourth-order valence-corrected chi connectivity index (χ4v) is 3.54. The molecular formula is C23H24N6O. The zero-order valence-corrected chi connectivity index (χ0v) is 17.3. The summed E-state index contributed by atoms with van der Waals surface area (Å²) in [6.45, 7) is 3.62. The number of H-pyrrole nitrogens is 1. The van der Waals surface area contributed by atoms with Gasteiger partial charge in [0.15, 0.2) is 0 Å². The van der Waals surface area contributed by atoms with Gasteiger partial charge in [0.25, 0.3) is 5.56 Å². The maximum Gasteiger partial charge on any atom is 0.251 e. The molecule has 0 atom stereocenters. The summed E-state index contributed by atoms with van der Waals surface area (Å²) >= 11 is 0. The molecule has 3 heterocycles. The van der Waals surface area contributed by atoms with Gasteiger partial charge in [0.05, 0.1) is 11.4 Å². The fourth-order valence-electron chi connectivity index (χ4n) is 3.54. The number of aromatic nitrogens is 5. The van der Waals surface area contributed by atoms with Crippen LogP contribution in [0, 0.1) is 6.92 Å². The van der Waals surface area contributed by atoms with Crippen molar-refractivity contribution in [3.63, 3.8) is 0 Å². The first-order valence-electron chi connectivity index (χ1n) is 9.76. The number of nitrogens with one attached hydrogen (secondary N) is 1. The van der Waals surface area contributed by atoms with Gasteiger partial charge < -0.3 is 4.98 Å². The second-order valence-corrected chi connectivity index (χ2v) is 7.51. The van der Waals surface area contributed by atoms with Crippen molar-refractivity contribution in [2.24, 2.45) is 7.05 Å². The minimum Gasteiger partial charge on any atom is -0.306 e. The summed E-state index contributed by atoms with van der Waals surface area (Å²) in [6.07, 6.45) is 5.46. The van der Waals surface area contributed by atoms with Crippen LogP contribution < -0.4 is 5.56 Å². The lowest BCUT2D eigenvalue weighted by Gasteiger charge is -2.17. The Hall–Kier alpha value is -3.58. The Bertz CT molecular complexity index is 1210. The molecule has 4 aromatic rings. The minimum atomic E-state index is -0.187. The highest BCUT2D eigenvalue weighted by molar-refractivity contribution is 5.63. The molecule has 0 aliphatic carbocycles. The maximum atomic E-state index is 12.2. The molecule has 3 aromatic heterocycles. The maximum absolute atomic E-state index is 12.2. The molecule has 0 saturated carbocycles. The van der Waals surface area contributed by atoms with Crippen LogP contribution in [0.2, 0.25) is 0 Å². The molecule has 0 bridgehead atoms. The van der Waals surface area contributed by atoms with Crippen molar-refractivity contribution in [3.05, 3.63) is 88.2 Å². The predicted octanol–water partition coefficient (Wildman–Crippen LogP) is 3.17. The zero-order valence-electron chi connectivity index (χ0n) is 17.3. The average Bonchev–Trinajstić information content (AvgIpc) is 3.05. The number of nitrogens with zero attached hydrogens (tertiary/aromatic N) is 5. The van der Waals surface area contributed by atoms with E-state index < -0.39 is 0 Å². The summed E-state index contributed by atoms with van der Waals surface area (Å²) in [7, 11) is 4.02. The summed E-state index contributed by atoms with van der Waals surface area (Å²) in [5.41, 5.74) is 5.52. The smallest absolute Gasteiger partial charge is 0.251 e. The number of hydrogen-bond acceptors (Lipinski definition) is 5. The number of benzene rings is 1. The molecule has 4 rings (SSSR count). The van der Waals surface area contributed by atoms with E-state index in [2.05, 4.69) is 50.3 Å². The van der Waals surface area contributed by atoms with E-state index in [1.54, 1.807) is 12.4 Å². The van der Waals surface area contributed by atoms with Crippen LogP contribution in [0.3, 0.4) is 0 Å². The Labute approximate surface area is 175 Å². The van der Waals surface area contributed by atoms with Gasteiger partial charge in [-0.2, -0.15) is 5.10 Å². The molecule has 0 fully saturated rings. The summed E-state index contributed by atoms with van der Waals surface area (Å²) in [6, 6.07) is 13.3. The van der Waals surface area contributed by atoms with Gasteiger partial charge in [0.1, 0.15) is 5.82 Å². The minimum absolute atomic E-state index is 0.187. The molecule has 7 nitrogen and oxygen atoms in total. The van der Waals surface area contributed by atoms with Gasteiger partial charge in [0.2, 0.25) is 0 Å². The van der Waals surface area contributed by atoms with Crippen molar-refractivity contribution < 1.29 is 0 Å². The number of pyridine rings is 1. The van der Waals surface area contributed by atoms with Gasteiger partial charge >= 0.3 is 0 Å². The molecule has 0 unspecified atom stereocenters. The second kappa shape index (κ2) is 8.42. The van der Waals surface area contributed by atoms with Gasteiger partial charge in [-0.3, -0.25) is 19.4 Å². The van der Waals surface area contributed by atoms with Crippen molar-refractivity contribution in [3.8, 4) is 22.6 Å². The Morgan fingerprint density at radius 1 is 1.10 bits per heavy atom. The lowest BCUT2D eigenvalue weighted by atomic mass is 10.1. The van der Waals surface area contributed by atoms with Crippen LogP contribution in [-0.2, 0) is 20.1 Å². The molecule has 0 aliphatic heterocycles. The molecule has 30 heavy (non-hydrogen) atoms. The van der Waals surface area contributed by atoms with E-state index in [-0.39, 0.29) is 5.56 Å². The largest absolute Gasteiger partial charge is 0.306 e. The molecule has 1 aromatic carbocycles. The topological polar surface area (TPSA) is 79.7 Å². The van der Waals surface area contributed by atoms with Crippen LogP contribution in [0.5, 0.6) is 0 Å². The second-order valence-electron chi connectivity index (χ2n) is 7.51. The molecule has 0 aliphatic rings. The lowest BCUT2D eigenvalue weighted by Crippen LogP contribution is -2.17. The highest BCUT2D eigenvalue weighted by atomic mass is 16.1. The van der Waals surface area contributed by atoms with Crippen molar-refractivity contribution in [2.75, 3.05) is 7.05 Å². The fraction of sp³-hybridized carbons (Fsp3) is 0.217. The van der Waals surface area contributed by atoms with E-state index in [0.29, 0.717) is 11.5 Å². The van der Waals surface area contributed by atoms with Crippen molar-refractivity contribution in [1.29, 1.82) is 0 Å². The summed E-state index contributed by atoms with van der Waals surface area (Å²) < 4.78 is 1.84. The number of rotatable bonds is 6. The Kier molecular flexibility index (Phi) is 5.54. The highest BCUT2D eigenvalue weighted by Crippen LogP contribution is 2.20. The predicted molar refractivity (Wildman–Crippen MR) is 117 cm³/mol. The van der Waals surface area contributed by atoms with Crippen molar-refractivity contribution in [2.45, 2.75) is 20.0 Å². The molecular weight excluding hydrogens is 376 g/mol. The first kappa shape index (κ1) is 19.7. The molecule has 0 spiro atoms. The quantitative estimate of drug-likeness (QED) is 0.538. The van der Waals surface area contributed by atoms with Crippen LogP contribution >= 0.6 is 0 Å². The van der Waals surface area contributed by atoms with Gasteiger partial charge in [-0.1, -0.05) is 18.2 Å². The van der Waals surface area contributed by atoms with Crippen molar-refractivity contribution >= 4 is 0 Å². The third-order valence-corrected chi connectivity index (χ3v) is 4.91. The SMILES string of the molecule is Cc1nn(C)cc1CN(C)Cc1cccc(-c2nc(-c3cccnc3)cc(=O)[nH]2)c1. The first-order valence-corrected chi connectivity index (χ1v) is 9.76. The number of hydrogen-bond donors (Lipinski definition) is 1. The monoisotopic (exact) mass is 400 g/mol. The van der Waals surface area contributed by atoms with Crippen LogP contribution in [0.25, 0.3) is 22.6 Å². The third kappa shape index (κ3) is 4.52. The Morgan fingerprint density at radius 3 is 2.67 bits per heavy atom. The van der Waals surface area contributed by atoms with Crippen LogP contribution in [0.4, 0.5) is 0 Å². The lowest BCUT2D eigenvalue weighted by molar-refractivity contribution is 0.318. The summed E-state index contributed by atoms with van der Waals surface area (Å²) in [4.78, 5) is 26.1. The summed E-state index contributed by atoms with van der Waals surface area (Å²) in [5, 5.41) is 4.41. The highest BCUT2D eigenvalue weighted by Gasteiger charge is 2.10. The number of aryl methyl sites for hydroxylation is 2. The van der Waals surface area contributed by atoms with Gasteiger partial charge in [0, 0.05) is 61.5 Å². The molecule has 0 saturated heterocycles. The van der Waals surface area contributed by atoms with Gasteiger partial charge in [-0.25, -0.2) is 4.98 Å². The van der Waals surface area contributed by atoms with Crippen LogP contribution in [-0.4, -0.2) is 36.7 Å². The first-order chi connectivity index (χ1) is 14.5. The van der Waals surface area contributed by atoms with E-state index >= 15 is 0 Å². The van der Waals surface area contributed by atoms with Crippen LogP contribution in [0.15, 0.2) is 65.8 Å². The average molecular weight is 400 g/mol. The van der Waals surface area contributed by atoms with E-state index in [0.717, 1.165) is 35.5 Å². The molecule has 7 heteroatoms. The van der Waals surface area contributed by atoms with Gasteiger partial charge in [-0.05, 0) is 37.7 Å². The van der Waals surface area contributed by atoms with Crippen molar-refractivity contribution in [1.82, 2.24) is 29.6 Å².